The Morgan fingerprint density at radius 2 is 2.50 bits per heavy atom. The van der Waals surface area contributed by atoms with E-state index < -0.39 is 6.10 Å². The Labute approximate surface area is 71.0 Å². The largest absolute Gasteiger partial charge is 0.495 e. The summed E-state index contributed by atoms with van der Waals surface area (Å²) < 4.78 is 4.99. The van der Waals surface area contributed by atoms with Crippen LogP contribution in [0.15, 0.2) is 18.3 Å². The Balaban J connectivity index is 2.96. The zero-order chi connectivity index (χ0) is 8.97. The van der Waals surface area contributed by atoms with Gasteiger partial charge in [-0.2, -0.15) is 0 Å². The molecule has 1 rings (SSSR count). The molecule has 0 aliphatic rings. The first-order chi connectivity index (χ1) is 5.79. The molecule has 0 saturated carbocycles. The summed E-state index contributed by atoms with van der Waals surface area (Å²) in [4.78, 5) is 3.97. The second-order valence-corrected chi connectivity index (χ2v) is 2.34. The van der Waals surface area contributed by atoms with E-state index in [1.54, 1.807) is 18.3 Å². The van der Waals surface area contributed by atoms with Gasteiger partial charge in [0.25, 0.3) is 0 Å². The van der Waals surface area contributed by atoms with E-state index in [4.69, 9.17) is 10.5 Å². The minimum Gasteiger partial charge on any atom is -0.495 e. The van der Waals surface area contributed by atoms with Crippen LogP contribution in [0, 0.1) is 0 Å². The molecule has 3 N–H and O–H groups in total. The number of aliphatic hydroxyl groups excluding tert-OH is 1. The predicted octanol–water partition coefficient (Wildman–Crippen LogP) is 0.0823. The van der Waals surface area contributed by atoms with E-state index in [1.165, 1.54) is 7.11 Å². The molecule has 1 aromatic heterocycles. The van der Waals surface area contributed by atoms with E-state index in [0.717, 1.165) is 0 Å². The lowest BCUT2D eigenvalue weighted by molar-refractivity contribution is 0.177. The van der Waals surface area contributed by atoms with Gasteiger partial charge >= 0.3 is 0 Å². The van der Waals surface area contributed by atoms with Crippen LogP contribution in [0.25, 0.3) is 0 Å². The van der Waals surface area contributed by atoms with Gasteiger partial charge in [0.15, 0.2) is 0 Å². The fourth-order valence-electron chi connectivity index (χ4n) is 0.937. The van der Waals surface area contributed by atoms with Gasteiger partial charge in [0, 0.05) is 12.7 Å². The van der Waals surface area contributed by atoms with Crippen molar-refractivity contribution in [2.45, 2.75) is 6.10 Å². The molecular weight excluding hydrogens is 156 g/mol. The number of nitrogens with two attached hydrogens (primary N) is 1. The highest BCUT2D eigenvalue weighted by Crippen LogP contribution is 2.20. The van der Waals surface area contributed by atoms with Crippen molar-refractivity contribution >= 4 is 0 Å². The van der Waals surface area contributed by atoms with Crippen LogP contribution in [-0.2, 0) is 0 Å². The van der Waals surface area contributed by atoms with Crippen molar-refractivity contribution in [2.24, 2.45) is 5.73 Å². The van der Waals surface area contributed by atoms with Crippen molar-refractivity contribution in [2.75, 3.05) is 13.7 Å². The highest BCUT2D eigenvalue weighted by Gasteiger charge is 2.11. The molecule has 0 unspecified atom stereocenters. The summed E-state index contributed by atoms with van der Waals surface area (Å²) in [5.41, 5.74) is 5.77. The number of ether oxygens (including phenoxy) is 1. The van der Waals surface area contributed by atoms with E-state index in [-0.39, 0.29) is 6.54 Å². The molecular formula is C8H12N2O2. The molecule has 1 aromatic rings. The first kappa shape index (κ1) is 8.96. The minimum atomic E-state index is -0.749. The molecule has 12 heavy (non-hydrogen) atoms. The average Bonchev–Trinajstić information content (AvgIpc) is 2.16. The highest BCUT2D eigenvalue weighted by atomic mass is 16.5. The standard InChI is InChI=1S/C8H12N2O2/c1-12-7-3-2-4-10-8(7)6(11)5-9/h2-4,6,11H,5,9H2,1H3/t6-/m0/s1. The van der Waals surface area contributed by atoms with Gasteiger partial charge < -0.3 is 15.6 Å². The Kier molecular flexibility index (Phi) is 3.01. The van der Waals surface area contributed by atoms with Gasteiger partial charge in [-0.25, -0.2) is 0 Å². The lowest BCUT2D eigenvalue weighted by atomic mass is 10.2. The molecule has 4 heteroatoms. The van der Waals surface area contributed by atoms with Crippen LogP contribution in [0.4, 0.5) is 0 Å². The van der Waals surface area contributed by atoms with Gasteiger partial charge in [0.2, 0.25) is 0 Å². The summed E-state index contributed by atoms with van der Waals surface area (Å²) in [7, 11) is 1.53. The van der Waals surface area contributed by atoms with Gasteiger partial charge in [-0.1, -0.05) is 0 Å². The molecule has 0 bridgehead atoms. The SMILES string of the molecule is COc1cccnc1[C@@H](O)CN. The molecule has 0 aliphatic carbocycles. The molecule has 0 radical (unpaired) electrons. The number of rotatable bonds is 3. The van der Waals surface area contributed by atoms with Crippen molar-refractivity contribution < 1.29 is 9.84 Å². The third-order valence-electron chi connectivity index (χ3n) is 1.56. The lowest BCUT2D eigenvalue weighted by Crippen LogP contribution is -2.13. The van der Waals surface area contributed by atoms with Gasteiger partial charge in [0.05, 0.1) is 7.11 Å². The van der Waals surface area contributed by atoms with Crippen LogP contribution >= 0.6 is 0 Å². The normalized spacial score (nSPS) is 12.6. The maximum Gasteiger partial charge on any atom is 0.143 e. The number of aliphatic hydroxyl groups is 1. The molecule has 0 aliphatic heterocycles. The van der Waals surface area contributed by atoms with Crippen molar-refractivity contribution in [1.82, 2.24) is 4.98 Å². The van der Waals surface area contributed by atoms with Crippen LogP contribution in [0.1, 0.15) is 11.8 Å². The summed E-state index contributed by atoms with van der Waals surface area (Å²) in [5, 5.41) is 9.37. The first-order valence-corrected chi connectivity index (χ1v) is 3.66. The highest BCUT2D eigenvalue weighted by molar-refractivity contribution is 5.28. The van der Waals surface area contributed by atoms with Crippen LogP contribution in [0.3, 0.4) is 0 Å². The first-order valence-electron chi connectivity index (χ1n) is 3.66. The van der Waals surface area contributed by atoms with Gasteiger partial charge in [-0.15, -0.1) is 0 Å². The quantitative estimate of drug-likeness (QED) is 0.670. The summed E-state index contributed by atoms with van der Waals surface area (Å²) in [6, 6.07) is 3.48. The number of hydrogen-bond donors (Lipinski definition) is 2. The van der Waals surface area contributed by atoms with E-state index in [2.05, 4.69) is 4.98 Å². The fraction of sp³-hybridized carbons (Fsp3) is 0.375. The molecule has 0 spiro atoms. The number of hydrogen-bond acceptors (Lipinski definition) is 4. The van der Waals surface area contributed by atoms with Crippen molar-refractivity contribution in [3.8, 4) is 5.75 Å². The number of aromatic nitrogens is 1. The molecule has 0 saturated heterocycles. The molecule has 1 atom stereocenters. The minimum absolute atomic E-state index is 0.146. The van der Waals surface area contributed by atoms with Gasteiger partial charge in [0.1, 0.15) is 17.5 Å². The van der Waals surface area contributed by atoms with Crippen molar-refractivity contribution in [1.29, 1.82) is 0 Å². The summed E-state index contributed by atoms with van der Waals surface area (Å²) in [6.07, 6.45) is 0.845. The maximum absolute atomic E-state index is 9.37. The van der Waals surface area contributed by atoms with Crippen molar-refractivity contribution in [3.63, 3.8) is 0 Å². The van der Waals surface area contributed by atoms with Gasteiger partial charge in [-0.05, 0) is 12.1 Å². The van der Waals surface area contributed by atoms with Crippen LogP contribution in [-0.4, -0.2) is 23.7 Å². The Hall–Kier alpha value is -1.13. The maximum atomic E-state index is 9.37. The molecule has 1 heterocycles. The zero-order valence-electron chi connectivity index (χ0n) is 6.90. The monoisotopic (exact) mass is 168 g/mol. The predicted molar refractivity (Wildman–Crippen MR) is 44.8 cm³/mol. The van der Waals surface area contributed by atoms with Crippen LogP contribution in [0.5, 0.6) is 5.75 Å². The third-order valence-corrected chi connectivity index (χ3v) is 1.56. The van der Waals surface area contributed by atoms with E-state index in [0.29, 0.717) is 11.4 Å². The van der Waals surface area contributed by atoms with Crippen LogP contribution in [0.2, 0.25) is 0 Å². The number of methoxy groups -OCH3 is 1. The second-order valence-electron chi connectivity index (χ2n) is 2.34. The third kappa shape index (κ3) is 1.72. The smallest absolute Gasteiger partial charge is 0.143 e. The Morgan fingerprint density at radius 3 is 3.08 bits per heavy atom. The molecule has 4 nitrogen and oxygen atoms in total. The number of pyridine rings is 1. The van der Waals surface area contributed by atoms with E-state index in [9.17, 15) is 5.11 Å². The summed E-state index contributed by atoms with van der Waals surface area (Å²) >= 11 is 0. The van der Waals surface area contributed by atoms with Crippen molar-refractivity contribution in [3.05, 3.63) is 24.0 Å². The van der Waals surface area contributed by atoms with E-state index in [1.807, 2.05) is 0 Å². The van der Waals surface area contributed by atoms with Gasteiger partial charge in [-0.3, -0.25) is 4.98 Å². The average molecular weight is 168 g/mol. The molecule has 66 valence electrons. The zero-order valence-corrected chi connectivity index (χ0v) is 6.90. The molecule has 0 fully saturated rings. The summed E-state index contributed by atoms with van der Waals surface area (Å²) in [5.74, 6) is 0.565. The lowest BCUT2D eigenvalue weighted by Gasteiger charge is -2.10. The molecule has 0 aromatic carbocycles. The topological polar surface area (TPSA) is 68.4 Å². The number of nitrogens with zero attached hydrogens (tertiary/aromatic N) is 1. The Morgan fingerprint density at radius 1 is 1.75 bits per heavy atom. The molecule has 0 amide bonds. The second kappa shape index (κ2) is 4.04. The van der Waals surface area contributed by atoms with Crippen LogP contribution < -0.4 is 10.5 Å². The Bertz CT molecular complexity index is 253. The summed E-state index contributed by atoms with van der Waals surface area (Å²) in [6.45, 7) is 0.146. The van der Waals surface area contributed by atoms with E-state index >= 15 is 0 Å². The fourth-order valence-corrected chi connectivity index (χ4v) is 0.937.